The van der Waals surface area contributed by atoms with E-state index in [1.807, 2.05) is 0 Å². The van der Waals surface area contributed by atoms with Gasteiger partial charge in [0.25, 0.3) is 0 Å². The summed E-state index contributed by atoms with van der Waals surface area (Å²) in [5, 5.41) is 8.97. The van der Waals surface area contributed by atoms with Crippen molar-refractivity contribution in [1.29, 1.82) is 0 Å². The van der Waals surface area contributed by atoms with E-state index in [1.165, 1.54) is 18.2 Å². The fourth-order valence-corrected chi connectivity index (χ4v) is 3.47. The first-order valence-corrected chi connectivity index (χ1v) is 8.08. The van der Waals surface area contributed by atoms with Crippen molar-refractivity contribution in [3.05, 3.63) is 23.8 Å². The molecule has 1 saturated carbocycles. The van der Waals surface area contributed by atoms with Gasteiger partial charge in [-0.1, -0.05) is 0 Å². The number of aliphatic hydroxyl groups excluding tert-OH is 1. The van der Waals surface area contributed by atoms with E-state index in [0.29, 0.717) is 6.42 Å². The number of benzene rings is 1. The normalized spacial score (nSPS) is 16.6. The molecule has 1 aliphatic carbocycles. The van der Waals surface area contributed by atoms with Crippen molar-refractivity contribution in [2.45, 2.75) is 24.2 Å². The maximum atomic E-state index is 12.2. The molecule has 6 N–H and O–H groups in total. The third-order valence-corrected chi connectivity index (χ3v) is 5.30. The van der Waals surface area contributed by atoms with E-state index in [4.69, 9.17) is 16.6 Å². The summed E-state index contributed by atoms with van der Waals surface area (Å²) in [6.45, 7) is 0.310. The smallest absolute Gasteiger partial charge is 0.248 e. The number of rotatable bonds is 7. The van der Waals surface area contributed by atoms with Gasteiger partial charge in [0.05, 0.1) is 5.69 Å². The Balaban J connectivity index is 2.14. The average Bonchev–Trinajstić information content (AvgIpc) is 3.17. The third kappa shape index (κ3) is 3.52. The van der Waals surface area contributed by atoms with Crippen LogP contribution in [-0.4, -0.2) is 32.6 Å². The number of primary amides is 1. The predicted octanol–water partition coefficient (Wildman–Crippen LogP) is -0.191. The second-order valence-electron chi connectivity index (χ2n) is 5.42. The number of nitrogens with one attached hydrogen (secondary N) is 1. The maximum Gasteiger partial charge on any atom is 0.248 e. The molecule has 1 aromatic carbocycles. The molecule has 0 radical (unpaired) electrons. The summed E-state index contributed by atoms with van der Waals surface area (Å²) in [6.07, 6.45) is 2.37. The Bertz CT molecular complexity index is 653. The highest BCUT2D eigenvalue weighted by Gasteiger charge is 2.42. The highest BCUT2D eigenvalue weighted by Crippen LogP contribution is 2.48. The van der Waals surface area contributed by atoms with Crippen LogP contribution in [0.3, 0.4) is 0 Å². The molecule has 0 atom stereocenters. The quantitative estimate of drug-likeness (QED) is 0.517. The largest absolute Gasteiger partial charge is 0.398 e. The second kappa shape index (κ2) is 5.63. The fourth-order valence-electron chi connectivity index (χ4n) is 2.20. The van der Waals surface area contributed by atoms with E-state index in [0.717, 1.165) is 12.8 Å². The van der Waals surface area contributed by atoms with Gasteiger partial charge in [-0.05, 0) is 42.9 Å². The van der Waals surface area contributed by atoms with Gasteiger partial charge in [-0.3, -0.25) is 4.79 Å². The number of sulfonamides is 1. The van der Waals surface area contributed by atoms with E-state index in [-0.39, 0.29) is 34.7 Å². The van der Waals surface area contributed by atoms with E-state index in [9.17, 15) is 13.2 Å². The SMILES string of the molecule is NC(=O)c1ccc(S(=O)(=O)NCC2(CCO)CC2)c(N)c1. The lowest BCUT2D eigenvalue weighted by atomic mass is 10.0. The number of hydrogen-bond acceptors (Lipinski definition) is 5. The standard InChI is InChI=1S/C13H19N3O4S/c14-10-7-9(12(15)18)1-2-11(10)21(19,20)16-8-13(3-4-13)5-6-17/h1-2,7,16-17H,3-6,8,14H2,(H2,15,18). The van der Waals surface area contributed by atoms with Crippen molar-refractivity contribution in [3.8, 4) is 0 Å². The minimum Gasteiger partial charge on any atom is -0.398 e. The van der Waals surface area contributed by atoms with Crippen LogP contribution in [0.5, 0.6) is 0 Å². The molecule has 0 spiro atoms. The average molecular weight is 313 g/mol. The number of carbonyl (C=O) groups is 1. The van der Waals surface area contributed by atoms with Crippen LogP contribution in [-0.2, 0) is 10.0 Å². The lowest BCUT2D eigenvalue weighted by molar-refractivity contribution is 0.1000. The van der Waals surface area contributed by atoms with Crippen LogP contribution < -0.4 is 16.2 Å². The molecule has 1 fully saturated rings. The molecule has 8 heteroatoms. The number of nitrogen functional groups attached to an aromatic ring is 1. The first kappa shape index (κ1) is 15.7. The van der Waals surface area contributed by atoms with Crippen LogP contribution in [0.1, 0.15) is 29.6 Å². The van der Waals surface area contributed by atoms with Crippen molar-refractivity contribution in [3.63, 3.8) is 0 Å². The minimum absolute atomic E-state index is 0.0224. The number of hydrogen-bond donors (Lipinski definition) is 4. The number of anilines is 1. The van der Waals surface area contributed by atoms with E-state index < -0.39 is 15.9 Å². The molecule has 0 aliphatic heterocycles. The molecule has 0 bridgehead atoms. The molecular formula is C13H19N3O4S. The summed E-state index contributed by atoms with van der Waals surface area (Å²) in [5.41, 5.74) is 10.8. The number of carbonyl (C=O) groups excluding carboxylic acids is 1. The van der Waals surface area contributed by atoms with Crippen molar-refractivity contribution in [2.24, 2.45) is 11.1 Å². The Labute approximate surface area is 123 Å². The summed E-state index contributed by atoms with van der Waals surface area (Å²) in [6, 6.07) is 3.84. The Morgan fingerprint density at radius 2 is 2.05 bits per heavy atom. The van der Waals surface area contributed by atoms with Crippen LogP contribution in [0.4, 0.5) is 5.69 Å². The van der Waals surface area contributed by atoms with Gasteiger partial charge in [0.15, 0.2) is 0 Å². The lowest BCUT2D eigenvalue weighted by Gasteiger charge is -2.15. The van der Waals surface area contributed by atoms with Gasteiger partial charge in [0.1, 0.15) is 4.90 Å². The molecule has 0 unspecified atom stereocenters. The van der Waals surface area contributed by atoms with Crippen LogP contribution >= 0.6 is 0 Å². The van der Waals surface area contributed by atoms with Crippen LogP contribution in [0.25, 0.3) is 0 Å². The number of aliphatic hydroxyl groups is 1. The summed E-state index contributed by atoms with van der Waals surface area (Å²) < 4.78 is 27.0. The molecule has 2 rings (SSSR count). The molecule has 7 nitrogen and oxygen atoms in total. The molecule has 116 valence electrons. The van der Waals surface area contributed by atoms with Crippen molar-refractivity contribution >= 4 is 21.6 Å². The van der Waals surface area contributed by atoms with E-state index in [1.54, 1.807) is 0 Å². The number of amides is 1. The highest BCUT2D eigenvalue weighted by molar-refractivity contribution is 7.89. The van der Waals surface area contributed by atoms with Gasteiger partial charge in [-0.25, -0.2) is 13.1 Å². The van der Waals surface area contributed by atoms with Crippen molar-refractivity contribution < 1.29 is 18.3 Å². The Morgan fingerprint density at radius 1 is 1.38 bits per heavy atom. The Hall–Kier alpha value is -1.64. The van der Waals surface area contributed by atoms with Crippen molar-refractivity contribution in [2.75, 3.05) is 18.9 Å². The summed E-state index contributed by atoms with van der Waals surface area (Å²) in [5.74, 6) is -0.668. The number of nitrogens with two attached hydrogens (primary N) is 2. The molecule has 1 aromatic rings. The lowest BCUT2D eigenvalue weighted by Crippen LogP contribution is -2.31. The van der Waals surface area contributed by atoms with Crippen LogP contribution in [0.15, 0.2) is 23.1 Å². The molecule has 1 aliphatic rings. The van der Waals surface area contributed by atoms with Crippen molar-refractivity contribution in [1.82, 2.24) is 4.72 Å². The highest BCUT2D eigenvalue weighted by atomic mass is 32.2. The molecule has 1 amide bonds. The van der Waals surface area contributed by atoms with Crippen LogP contribution in [0.2, 0.25) is 0 Å². The van der Waals surface area contributed by atoms with Gasteiger partial charge in [0, 0.05) is 18.7 Å². The summed E-state index contributed by atoms with van der Waals surface area (Å²) in [7, 11) is -3.75. The predicted molar refractivity (Wildman–Crippen MR) is 77.9 cm³/mol. The Morgan fingerprint density at radius 3 is 2.52 bits per heavy atom. The second-order valence-corrected chi connectivity index (χ2v) is 7.15. The summed E-state index contributed by atoms with van der Waals surface area (Å²) in [4.78, 5) is 11.0. The zero-order valence-corrected chi connectivity index (χ0v) is 12.3. The van der Waals surface area contributed by atoms with Gasteiger partial charge in [-0.2, -0.15) is 0 Å². The topological polar surface area (TPSA) is 136 Å². The van der Waals surface area contributed by atoms with E-state index in [2.05, 4.69) is 4.72 Å². The molecule has 0 aromatic heterocycles. The van der Waals surface area contributed by atoms with Crippen LogP contribution in [0, 0.1) is 5.41 Å². The Kier molecular flexibility index (Phi) is 4.22. The maximum absolute atomic E-state index is 12.2. The minimum atomic E-state index is -3.75. The van der Waals surface area contributed by atoms with Gasteiger partial charge in [-0.15, -0.1) is 0 Å². The fraction of sp³-hybridized carbons (Fsp3) is 0.462. The summed E-state index contributed by atoms with van der Waals surface area (Å²) >= 11 is 0. The van der Waals surface area contributed by atoms with E-state index >= 15 is 0 Å². The molecular weight excluding hydrogens is 294 g/mol. The van der Waals surface area contributed by atoms with Gasteiger partial charge in [0.2, 0.25) is 15.9 Å². The molecule has 21 heavy (non-hydrogen) atoms. The first-order chi connectivity index (χ1) is 9.80. The third-order valence-electron chi connectivity index (χ3n) is 3.82. The zero-order chi connectivity index (χ0) is 15.7. The molecule has 0 saturated heterocycles. The monoisotopic (exact) mass is 313 g/mol. The first-order valence-electron chi connectivity index (χ1n) is 6.60. The van der Waals surface area contributed by atoms with Gasteiger partial charge >= 0.3 is 0 Å². The molecule has 0 heterocycles. The van der Waals surface area contributed by atoms with Gasteiger partial charge < -0.3 is 16.6 Å². The zero-order valence-electron chi connectivity index (χ0n) is 11.5.